The van der Waals surface area contributed by atoms with Crippen molar-refractivity contribution in [2.45, 2.75) is 30.1 Å². The first-order valence-electron chi connectivity index (χ1n) is 8.99. The van der Waals surface area contributed by atoms with Crippen LogP contribution in [0.15, 0.2) is 32.5 Å². The Balaban J connectivity index is 1.62. The summed E-state index contributed by atoms with van der Waals surface area (Å²) in [5, 5.41) is 3.71. The molecule has 1 fully saturated rings. The van der Waals surface area contributed by atoms with Crippen molar-refractivity contribution in [3.8, 4) is 0 Å². The Bertz CT molecular complexity index is 991. The summed E-state index contributed by atoms with van der Waals surface area (Å²) in [6.07, 6.45) is 0.490. The Morgan fingerprint density at radius 2 is 1.93 bits per heavy atom. The van der Waals surface area contributed by atoms with Crippen LogP contribution in [-0.4, -0.2) is 60.6 Å². The second kappa shape index (κ2) is 8.80. The van der Waals surface area contributed by atoms with Gasteiger partial charge in [-0.15, -0.1) is 11.8 Å². The molecule has 1 saturated heterocycles. The minimum absolute atomic E-state index is 0.0572. The number of sulfonamides is 1. The van der Waals surface area contributed by atoms with Gasteiger partial charge in [0, 0.05) is 31.1 Å². The molecule has 0 N–H and O–H groups in total. The van der Waals surface area contributed by atoms with Gasteiger partial charge in [-0.1, -0.05) is 5.16 Å². The van der Waals surface area contributed by atoms with Crippen molar-refractivity contribution < 1.29 is 26.5 Å². The number of thioether (sulfide) groups is 1. The Morgan fingerprint density at radius 1 is 1.17 bits per heavy atom. The Labute approximate surface area is 172 Å². The zero-order valence-corrected chi connectivity index (χ0v) is 17.7. The molecule has 1 aliphatic rings. The fourth-order valence-corrected chi connectivity index (χ4v) is 5.74. The van der Waals surface area contributed by atoms with E-state index in [1.54, 1.807) is 18.7 Å². The standard InChI is InChI=1S/C18H21F2N3O4S2/c1-12-18(13(2)27-21-12)29(25,26)23-7-3-6-22(8-9-23)17(24)11-28-14-4-5-15(19)16(20)10-14/h4-5,10H,3,6-9,11H2,1-2H3. The molecule has 11 heteroatoms. The van der Waals surface area contributed by atoms with Crippen LogP contribution < -0.4 is 0 Å². The lowest BCUT2D eigenvalue weighted by Crippen LogP contribution is -2.38. The fraction of sp³-hybridized carbons (Fsp3) is 0.444. The Kier molecular flexibility index (Phi) is 6.59. The third kappa shape index (κ3) is 4.78. The van der Waals surface area contributed by atoms with E-state index in [9.17, 15) is 22.0 Å². The summed E-state index contributed by atoms with van der Waals surface area (Å²) < 4.78 is 58.5. The summed E-state index contributed by atoms with van der Waals surface area (Å²) in [4.78, 5) is 14.6. The maximum Gasteiger partial charge on any atom is 0.248 e. The van der Waals surface area contributed by atoms with E-state index in [-0.39, 0.29) is 42.0 Å². The molecular formula is C18H21F2N3O4S2. The van der Waals surface area contributed by atoms with E-state index in [0.29, 0.717) is 23.6 Å². The number of nitrogens with zero attached hydrogens (tertiary/aromatic N) is 3. The van der Waals surface area contributed by atoms with E-state index in [4.69, 9.17) is 4.52 Å². The van der Waals surface area contributed by atoms with Gasteiger partial charge in [-0.05, 0) is 38.5 Å². The Morgan fingerprint density at radius 3 is 2.59 bits per heavy atom. The highest BCUT2D eigenvalue weighted by atomic mass is 32.2. The van der Waals surface area contributed by atoms with E-state index >= 15 is 0 Å². The maximum atomic E-state index is 13.3. The minimum atomic E-state index is -3.76. The molecule has 7 nitrogen and oxygen atoms in total. The predicted octanol–water partition coefficient (Wildman–Crippen LogP) is 2.58. The normalized spacial score (nSPS) is 16.1. The molecule has 0 radical (unpaired) electrons. The first kappa shape index (κ1) is 21.7. The monoisotopic (exact) mass is 445 g/mol. The number of aromatic nitrogens is 1. The minimum Gasteiger partial charge on any atom is -0.360 e. The number of hydrogen-bond acceptors (Lipinski definition) is 6. The summed E-state index contributed by atoms with van der Waals surface area (Å²) in [6.45, 7) is 4.24. The molecule has 0 saturated carbocycles. The van der Waals surface area contributed by atoms with Gasteiger partial charge in [0.25, 0.3) is 0 Å². The predicted molar refractivity (Wildman–Crippen MR) is 103 cm³/mol. The van der Waals surface area contributed by atoms with Crippen molar-refractivity contribution in [2.75, 3.05) is 31.9 Å². The number of carbonyl (C=O) groups excluding carboxylic acids is 1. The quantitative estimate of drug-likeness (QED) is 0.658. The van der Waals surface area contributed by atoms with E-state index in [1.165, 1.54) is 10.4 Å². The van der Waals surface area contributed by atoms with Crippen LogP contribution in [-0.2, 0) is 14.8 Å². The highest BCUT2D eigenvalue weighted by molar-refractivity contribution is 8.00. The Hall–Kier alpha value is -1.98. The highest BCUT2D eigenvalue weighted by Gasteiger charge is 2.32. The lowest BCUT2D eigenvalue weighted by molar-refractivity contribution is -0.128. The average Bonchev–Trinajstić information content (AvgIpc) is 2.87. The van der Waals surface area contributed by atoms with E-state index in [1.807, 2.05) is 0 Å². The highest BCUT2D eigenvalue weighted by Crippen LogP contribution is 2.25. The molecule has 1 aromatic heterocycles. The lowest BCUT2D eigenvalue weighted by atomic mass is 10.3. The molecule has 0 atom stereocenters. The molecule has 3 rings (SSSR count). The zero-order valence-electron chi connectivity index (χ0n) is 16.0. The van der Waals surface area contributed by atoms with Crippen molar-refractivity contribution in [3.63, 3.8) is 0 Å². The van der Waals surface area contributed by atoms with Crippen molar-refractivity contribution in [3.05, 3.63) is 41.3 Å². The molecule has 0 aliphatic carbocycles. The van der Waals surface area contributed by atoms with Crippen LogP contribution in [0, 0.1) is 25.5 Å². The zero-order chi connectivity index (χ0) is 21.2. The lowest BCUT2D eigenvalue weighted by Gasteiger charge is -2.21. The largest absolute Gasteiger partial charge is 0.360 e. The van der Waals surface area contributed by atoms with Crippen LogP contribution >= 0.6 is 11.8 Å². The summed E-state index contributed by atoms with van der Waals surface area (Å²) in [7, 11) is -3.76. The molecule has 0 unspecified atom stereocenters. The first-order chi connectivity index (χ1) is 13.7. The van der Waals surface area contributed by atoms with Gasteiger partial charge in [-0.2, -0.15) is 4.31 Å². The number of aryl methyl sites for hydroxylation is 2. The van der Waals surface area contributed by atoms with Crippen LogP contribution in [0.1, 0.15) is 17.9 Å². The summed E-state index contributed by atoms with van der Waals surface area (Å²) in [5.74, 6) is -1.79. The third-order valence-electron chi connectivity index (χ3n) is 4.63. The topological polar surface area (TPSA) is 83.7 Å². The smallest absolute Gasteiger partial charge is 0.248 e. The second-order valence-corrected chi connectivity index (χ2v) is 9.58. The van der Waals surface area contributed by atoms with Crippen LogP contribution in [0.3, 0.4) is 0 Å². The number of hydrogen-bond donors (Lipinski definition) is 0. The average molecular weight is 446 g/mol. The van der Waals surface area contributed by atoms with Gasteiger partial charge in [0.05, 0.1) is 5.75 Å². The molecule has 1 aliphatic heterocycles. The van der Waals surface area contributed by atoms with Gasteiger partial charge in [-0.25, -0.2) is 17.2 Å². The molecule has 0 bridgehead atoms. The van der Waals surface area contributed by atoms with Crippen molar-refractivity contribution >= 4 is 27.7 Å². The van der Waals surface area contributed by atoms with Gasteiger partial charge in [0.1, 0.15) is 10.6 Å². The fourth-order valence-electron chi connectivity index (χ4n) is 3.16. The summed E-state index contributed by atoms with van der Waals surface area (Å²) in [6, 6.07) is 3.48. The second-order valence-electron chi connectivity index (χ2n) is 6.66. The molecule has 0 spiro atoms. The van der Waals surface area contributed by atoms with Crippen LogP contribution in [0.5, 0.6) is 0 Å². The van der Waals surface area contributed by atoms with Gasteiger partial charge in [0.2, 0.25) is 15.9 Å². The SMILES string of the molecule is Cc1noc(C)c1S(=O)(=O)N1CCCN(C(=O)CSc2ccc(F)c(F)c2)CC1. The van der Waals surface area contributed by atoms with Crippen LogP contribution in [0.25, 0.3) is 0 Å². The van der Waals surface area contributed by atoms with E-state index in [2.05, 4.69) is 5.16 Å². The van der Waals surface area contributed by atoms with Gasteiger partial charge in [0.15, 0.2) is 17.4 Å². The molecule has 158 valence electrons. The van der Waals surface area contributed by atoms with Crippen molar-refractivity contribution in [1.29, 1.82) is 0 Å². The van der Waals surface area contributed by atoms with E-state index < -0.39 is 21.7 Å². The molecule has 2 aromatic rings. The van der Waals surface area contributed by atoms with Gasteiger partial charge in [-0.3, -0.25) is 4.79 Å². The number of rotatable bonds is 5. The molecule has 29 heavy (non-hydrogen) atoms. The summed E-state index contributed by atoms with van der Waals surface area (Å²) in [5.41, 5.74) is 0.308. The van der Waals surface area contributed by atoms with Crippen molar-refractivity contribution in [1.82, 2.24) is 14.4 Å². The first-order valence-corrected chi connectivity index (χ1v) is 11.4. The molecule has 1 aromatic carbocycles. The van der Waals surface area contributed by atoms with Crippen molar-refractivity contribution in [2.24, 2.45) is 0 Å². The molecule has 2 heterocycles. The molecular weight excluding hydrogens is 424 g/mol. The number of amides is 1. The number of halogens is 2. The maximum absolute atomic E-state index is 13.3. The third-order valence-corrected chi connectivity index (χ3v) is 7.75. The van der Waals surface area contributed by atoms with Crippen LogP contribution in [0.2, 0.25) is 0 Å². The van der Waals surface area contributed by atoms with E-state index in [0.717, 1.165) is 23.9 Å². The summed E-state index contributed by atoms with van der Waals surface area (Å²) >= 11 is 1.11. The van der Waals surface area contributed by atoms with Gasteiger partial charge < -0.3 is 9.42 Å². The molecule has 1 amide bonds. The van der Waals surface area contributed by atoms with Gasteiger partial charge >= 0.3 is 0 Å². The van der Waals surface area contributed by atoms with Crippen LogP contribution in [0.4, 0.5) is 8.78 Å². The number of benzene rings is 1. The number of carbonyl (C=O) groups is 1.